The highest BCUT2D eigenvalue weighted by atomic mass is 16.5. The van der Waals surface area contributed by atoms with E-state index in [2.05, 4.69) is 22.0 Å². The summed E-state index contributed by atoms with van der Waals surface area (Å²) in [5.74, 6) is 1.13. The van der Waals surface area contributed by atoms with Gasteiger partial charge in [0.25, 0.3) is 0 Å². The minimum atomic E-state index is 0.0884. The molecule has 0 unspecified atom stereocenters. The van der Waals surface area contributed by atoms with Gasteiger partial charge in [0.1, 0.15) is 0 Å². The summed E-state index contributed by atoms with van der Waals surface area (Å²) >= 11 is 0. The van der Waals surface area contributed by atoms with Gasteiger partial charge in [-0.05, 0) is 25.7 Å². The number of rotatable bonds is 6. The lowest BCUT2D eigenvalue weighted by Gasteiger charge is -2.24. The predicted octanol–water partition coefficient (Wildman–Crippen LogP) is 2.62. The Kier molecular flexibility index (Phi) is 3.94. The molecule has 0 amide bonds. The zero-order valence-electron chi connectivity index (χ0n) is 12.7. The maximum Gasteiger partial charge on any atom is 0.336 e. The van der Waals surface area contributed by atoms with Crippen LogP contribution in [-0.2, 0) is 6.42 Å². The molecule has 2 aromatic heterocycles. The van der Waals surface area contributed by atoms with Crippen molar-refractivity contribution in [2.45, 2.75) is 58.5 Å². The molecule has 0 aromatic carbocycles. The van der Waals surface area contributed by atoms with E-state index in [9.17, 15) is 0 Å². The lowest BCUT2D eigenvalue weighted by molar-refractivity contribution is 0.189. The van der Waals surface area contributed by atoms with E-state index in [4.69, 9.17) is 10.5 Å². The van der Waals surface area contributed by atoms with Gasteiger partial charge in [-0.1, -0.05) is 32.6 Å². The first-order valence-electron chi connectivity index (χ1n) is 7.84. The molecule has 2 heterocycles. The van der Waals surface area contributed by atoms with Gasteiger partial charge in [-0.3, -0.25) is 0 Å². The Morgan fingerprint density at radius 3 is 2.95 bits per heavy atom. The maximum absolute atomic E-state index is 5.98. The molecule has 1 fully saturated rings. The SMILES string of the molecule is CCC[C@H](C)Oc1nc(N)c2ncc(CC3CCC3)n2n1. The minimum absolute atomic E-state index is 0.0884. The molecule has 0 bridgehead atoms. The Balaban J connectivity index is 1.86. The predicted molar refractivity (Wildman–Crippen MR) is 81.2 cm³/mol. The van der Waals surface area contributed by atoms with E-state index >= 15 is 0 Å². The summed E-state index contributed by atoms with van der Waals surface area (Å²) in [4.78, 5) is 8.55. The highest BCUT2D eigenvalue weighted by Crippen LogP contribution is 2.30. The van der Waals surface area contributed by atoms with Crippen molar-refractivity contribution in [1.29, 1.82) is 0 Å². The Hall–Kier alpha value is -1.85. The summed E-state index contributed by atoms with van der Waals surface area (Å²) in [6.45, 7) is 4.15. The summed E-state index contributed by atoms with van der Waals surface area (Å²) in [5, 5.41) is 4.47. The van der Waals surface area contributed by atoms with Gasteiger partial charge in [0, 0.05) is 0 Å². The second kappa shape index (κ2) is 5.87. The molecule has 3 rings (SSSR count). The first kappa shape index (κ1) is 14.1. The fourth-order valence-electron chi connectivity index (χ4n) is 2.76. The number of ether oxygens (including phenoxy) is 1. The van der Waals surface area contributed by atoms with E-state index in [1.807, 2.05) is 13.1 Å². The molecule has 0 aliphatic heterocycles. The van der Waals surface area contributed by atoms with E-state index in [-0.39, 0.29) is 6.10 Å². The zero-order chi connectivity index (χ0) is 14.8. The molecule has 21 heavy (non-hydrogen) atoms. The Bertz CT molecular complexity index is 620. The molecule has 0 saturated heterocycles. The van der Waals surface area contributed by atoms with Crippen molar-refractivity contribution in [3.8, 4) is 6.01 Å². The number of aromatic nitrogens is 4. The van der Waals surface area contributed by atoms with Gasteiger partial charge < -0.3 is 10.5 Å². The van der Waals surface area contributed by atoms with Crippen LogP contribution in [0.3, 0.4) is 0 Å². The second-order valence-electron chi connectivity index (χ2n) is 5.98. The fourth-order valence-corrected chi connectivity index (χ4v) is 2.76. The van der Waals surface area contributed by atoms with E-state index in [0.717, 1.165) is 30.9 Å². The van der Waals surface area contributed by atoms with Crippen molar-refractivity contribution in [1.82, 2.24) is 19.6 Å². The average Bonchev–Trinajstić information content (AvgIpc) is 2.77. The van der Waals surface area contributed by atoms with Crippen molar-refractivity contribution in [2.75, 3.05) is 5.73 Å². The standard InChI is InChI=1S/C15H23N5O/c1-3-5-10(2)21-15-18-13(16)14-17-9-12(20(14)19-15)8-11-6-4-7-11/h9-11H,3-8H2,1-2H3,(H2,16,18,19)/t10-/m0/s1. The van der Waals surface area contributed by atoms with Gasteiger partial charge in [0.05, 0.1) is 18.0 Å². The molecule has 2 N–H and O–H groups in total. The smallest absolute Gasteiger partial charge is 0.336 e. The third-order valence-electron chi connectivity index (χ3n) is 4.16. The van der Waals surface area contributed by atoms with E-state index in [1.165, 1.54) is 19.3 Å². The molecule has 2 aromatic rings. The molecule has 1 saturated carbocycles. The summed E-state index contributed by atoms with van der Waals surface area (Å²) in [7, 11) is 0. The first-order chi connectivity index (χ1) is 10.2. The molecule has 114 valence electrons. The molecular weight excluding hydrogens is 266 g/mol. The number of imidazole rings is 1. The first-order valence-corrected chi connectivity index (χ1v) is 7.84. The van der Waals surface area contributed by atoms with Gasteiger partial charge in [0.15, 0.2) is 11.5 Å². The number of nitrogens with zero attached hydrogens (tertiary/aromatic N) is 4. The van der Waals surface area contributed by atoms with Crippen molar-refractivity contribution < 1.29 is 4.74 Å². The van der Waals surface area contributed by atoms with Crippen molar-refractivity contribution in [2.24, 2.45) is 5.92 Å². The number of nitrogens with two attached hydrogens (primary N) is 1. The van der Waals surface area contributed by atoms with Gasteiger partial charge in [-0.25, -0.2) is 9.50 Å². The number of hydrogen-bond acceptors (Lipinski definition) is 5. The lowest BCUT2D eigenvalue weighted by Crippen LogP contribution is -2.17. The molecule has 6 nitrogen and oxygen atoms in total. The van der Waals surface area contributed by atoms with Crippen LogP contribution in [0.15, 0.2) is 6.20 Å². The summed E-state index contributed by atoms with van der Waals surface area (Å²) < 4.78 is 7.56. The highest BCUT2D eigenvalue weighted by molar-refractivity contribution is 5.59. The van der Waals surface area contributed by atoms with Crippen LogP contribution in [0.1, 0.15) is 51.6 Å². The van der Waals surface area contributed by atoms with Crippen molar-refractivity contribution >= 4 is 11.5 Å². The fraction of sp³-hybridized carbons (Fsp3) is 0.667. The van der Waals surface area contributed by atoms with E-state index in [0.29, 0.717) is 17.5 Å². The molecule has 6 heteroatoms. The second-order valence-corrected chi connectivity index (χ2v) is 5.98. The van der Waals surface area contributed by atoms with Crippen LogP contribution in [0.4, 0.5) is 5.82 Å². The van der Waals surface area contributed by atoms with Gasteiger partial charge in [0.2, 0.25) is 0 Å². The number of fused-ring (bicyclic) bond motifs is 1. The minimum Gasteiger partial charge on any atom is -0.459 e. The number of hydrogen-bond donors (Lipinski definition) is 1. The van der Waals surface area contributed by atoms with Crippen molar-refractivity contribution in [3.63, 3.8) is 0 Å². The third kappa shape index (κ3) is 2.94. The van der Waals surface area contributed by atoms with Crippen LogP contribution in [0.5, 0.6) is 6.01 Å². The average molecular weight is 289 g/mol. The topological polar surface area (TPSA) is 78.3 Å². The number of anilines is 1. The third-order valence-corrected chi connectivity index (χ3v) is 4.16. The summed E-state index contributed by atoms with van der Waals surface area (Å²) in [6.07, 6.45) is 8.92. The Morgan fingerprint density at radius 2 is 2.29 bits per heavy atom. The Labute approximate surface area is 124 Å². The molecule has 0 spiro atoms. The lowest BCUT2D eigenvalue weighted by atomic mass is 9.82. The molecule has 0 radical (unpaired) electrons. The van der Waals surface area contributed by atoms with Crippen LogP contribution >= 0.6 is 0 Å². The largest absolute Gasteiger partial charge is 0.459 e. The molecule has 1 aliphatic rings. The van der Waals surface area contributed by atoms with E-state index in [1.54, 1.807) is 4.52 Å². The molecular formula is C15H23N5O. The van der Waals surface area contributed by atoms with Gasteiger partial charge in [-0.2, -0.15) is 4.98 Å². The van der Waals surface area contributed by atoms with Crippen LogP contribution < -0.4 is 10.5 Å². The Morgan fingerprint density at radius 1 is 1.48 bits per heavy atom. The van der Waals surface area contributed by atoms with Crippen LogP contribution in [0.25, 0.3) is 5.65 Å². The summed E-state index contributed by atoms with van der Waals surface area (Å²) in [5.41, 5.74) is 7.70. The van der Waals surface area contributed by atoms with Crippen LogP contribution in [0, 0.1) is 5.92 Å². The monoisotopic (exact) mass is 289 g/mol. The number of nitrogen functional groups attached to an aromatic ring is 1. The normalized spacial score (nSPS) is 16.9. The van der Waals surface area contributed by atoms with Crippen molar-refractivity contribution in [3.05, 3.63) is 11.9 Å². The van der Waals surface area contributed by atoms with Gasteiger partial charge >= 0.3 is 6.01 Å². The maximum atomic E-state index is 5.98. The molecule has 1 atom stereocenters. The highest BCUT2D eigenvalue weighted by Gasteiger charge is 2.21. The van der Waals surface area contributed by atoms with Gasteiger partial charge in [-0.15, -0.1) is 5.10 Å². The van der Waals surface area contributed by atoms with E-state index < -0.39 is 0 Å². The molecule has 1 aliphatic carbocycles. The summed E-state index contributed by atoms with van der Waals surface area (Å²) in [6, 6.07) is 0.341. The van der Waals surface area contributed by atoms with Crippen LogP contribution in [0.2, 0.25) is 0 Å². The zero-order valence-corrected chi connectivity index (χ0v) is 12.7. The van der Waals surface area contributed by atoms with Crippen LogP contribution in [-0.4, -0.2) is 25.7 Å². The quantitative estimate of drug-likeness (QED) is 0.884.